The standard InChI is InChI=1S/C20H29N3O2/c1-20(2,3)19(24)25-18(13-16-6-9-22-10-7-16)5-4-15-8-11-23-17(12-15)14-21/h8,11-12,16,18,22H,4-7,9-10,13H2,1-3H3. The summed E-state index contributed by atoms with van der Waals surface area (Å²) in [6.07, 6.45) is 6.34. The van der Waals surface area contributed by atoms with Gasteiger partial charge >= 0.3 is 5.97 Å². The summed E-state index contributed by atoms with van der Waals surface area (Å²) in [5, 5.41) is 12.4. The molecule has 1 unspecified atom stereocenters. The Morgan fingerprint density at radius 2 is 2.16 bits per heavy atom. The lowest BCUT2D eigenvalue weighted by Gasteiger charge is -2.29. The number of pyridine rings is 1. The van der Waals surface area contributed by atoms with Crippen molar-refractivity contribution in [2.45, 2.75) is 59.0 Å². The minimum atomic E-state index is -0.489. The molecule has 0 spiro atoms. The maximum atomic E-state index is 12.3. The number of ether oxygens (including phenoxy) is 1. The molecule has 136 valence electrons. The smallest absolute Gasteiger partial charge is 0.311 e. The maximum Gasteiger partial charge on any atom is 0.311 e. The minimum absolute atomic E-state index is 0.0754. The van der Waals surface area contributed by atoms with Crippen molar-refractivity contribution in [2.24, 2.45) is 11.3 Å². The number of nitrogens with zero attached hydrogens (tertiary/aromatic N) is 2. The van der Waals surface area contributed by atoms with Crippen molar-refractivity contribution in [1.82, 2.24) is 10.3 Å². The number of hydrogen-bond acceptors (Lipinski definition) is 5. The topological polar surface area (TPSA) is 75.0 Å². The lowest BCUT2D eigenvalue weighted by atomic mass is 9.89. The monoisotopic (exact) mass is 343 g/mol. The Bertz CT molecular complexity index is 610. The van der Waals surface area contributed by atoms with Crippen LogP contribution in [-0.4, -0.2) is 30.1 Å². The Morgan fingerprint density at radius 3 is 2.80 bits per heavy atom. The van der Waals surface area contributed by atoms with E-state index in [1.807, 2.05) is 32.9 Å². The van der Waals surface area contributed by atoms with E-state index in [0.717, 1.165) is 50.8 Å². The fourth-order valence-electron chi connectivity index (χ4n) is 3.06. The van der Waals surface area contributed by atoms with Crippen LogP contribution in [0.4, 0.5) is 0 Å². The van der Waals surface area contributed by atoms with Crippen LogP contribution < -0.4 is 5.32 Å². The first-order valence-electron chi connectivity index (χ1n) is 9.15. The van der Waals surface area contributed by atoms with Crippen LogP contribution in [0.2, 0.25) is 0 Å². The van der Waals surface area contributed by atoms with E-state index in [0.29, 0.717) is 11.6 Å². The number of nitriles is 1. The number of esters is 1. The molecule has 2 rings (SSSR count). The normalized spacial score (nSPS) is 16.9. The summed E-state index contributed by atoms with van der Waals surface area (Å²) in [7, 11) is 0. The van der Waals surface area contributed by atoms with Gasteiger partial charge in [0.05, 0.1) is 5.41 Å². The lowest BCUT2D eigenvalue weighted by Crippen LogP contribution is -2.33. The summed E-state index contributed by atoms with van der Waals surface area (Å²) < 4.78 is 5.86. The van der Waals surface area contributed by atoms with Crippen molar-refractivity contribution in [3.05, 3.63) is 29.6 Å². The highest BCUT2D eigenvalue weighted by molar-refractivity contribution is 5.75. The number of aromatic nitrogens is 1. The molecule has 5 heteroatoms. The van der Waals surface area contributed by atoms with Crippen LogP contribution in [0.3, 0.4) is 0 Å². The van der Waals surface area contributed by atoms with Crippen LogP contribution in [0.5, 0.6) is 0 Å². The maximum absolute atomic E-state index is 12.3. The fraction of sp³-hybridized carbons (Fsp3) is 0.650. The van der Waals surface area contributed by atoms with Gasteiger partial charge in [-0.3, -0.25) is 4.79 Å². The molecule has 1 aliphatic heterocycles. The zero-order chi connectivity index (χ0) is 18.3. The van der Waals surface area contributed by atoms with E-state index in [2.05, 4.69) is 16.4 Å². The third-order valence-electron chi connectivity index (χ3n) is 4.63. The molecule has 1 saturated heterocycles. The first kappa shape index (κ1) is 19.4. The summed E-state index contributed by atoms with van der Waals surface area (Å²) in [5.74, 6) is 0.463. The van der Waals surface area contributed by atoms with Crippen molar-refractivity contribution >= 4 is 5.97 Å². The van der Waals surface area contributed by atoms with Gasteiger partial charge in [-0.15, -0.1) is 0 Å². The second-order valence-electron chi connectivity index (χ2n) is 7.91. The van der Waals surface area contributed by atoms with Gasteiger partial charge in [-0.25, -0.2) is 4.98 Å². The number of rotatable bonds is 6. The fourth-order valence-corrected chi connectivity index (χ4v) is 3.06. The van der Waals surface area contributed by atoms with Crippen LogP contribution in [0.25, 0.3) is 0 Å². The molecule has 0 aliphatic carbocycles. The third kappa shape index (κ3) is 6.47. The highest BCUT2D eigenvalue weighted by Crippen LogP contribution is 2.25. The molecule has 25 heavy (non-hydrogen) atoms. The molecule has 0 saturated carbocycles. The predicted molar refractivity (Wildman–Crippen MR) is 96.8 cm³/mol. The van der Waals surface area contributed by atoms with Crippen molar-refractivity contribution in [2.75, 3.05) is 13.1 Å². The molecule has 1 fully saturated rings. The molecular formula is C20H29N3O2. The SMILES string of the molecule is CC(C)(C)C(=O)OC(CCc1ccnc(C#N)c1)CC1CCNCC1. The van der Waals surface area contributed by atoms with E-state index in [1.165, 1.54) is 0 Å². The van der Waals surface area contributed by atoms with E-state index in [1.54, 1.807) is 6.20 Å². The van der Waals surface area contributed by atoms with Gasteiger partial charge in [0.25, 0.3) is 0 Å². The van der Waals surface area contributed by atoms with Gasteiger partial charge < -0.3 is 10.1 Å². The van der Waals surface area contributed by atoms with Gasteiger partial charge in [0.1, 0.15) is 17.9 Å². The van der Waals surface area contributed by atoms with Crippen LogP contribution >= 0.6 is 0 Å². The number of aryl methyl sites for hydroxylation is 1. The van der Waals surface area contributed by atoms with Crippen molar-refractivity contribution in [1.29, 1.82) is 5.26 Å². The van der Waals surface area contributed by atoms with Gasteiger partial charge in [-0.2, -0.15) is 5.26 Å². The van der Waals surface area contributed by atoms with E-state index in [-0.39, 0.29) is 12.1 Å². The van der Waals surface area contributed by atoms with Crippen LogP contribution in [0, 0.1) is 22.7 Å². The van der Waals surface area contributed by atoms with E-state index < -0.39 is 5.41 Å². The van der Waals surface area contributed by atoms with Crippen molar-refractivity contribution < 1.29 is 9.53 Å². The molecular weight excluding hydrogens is 314 g/mol. The molecule has 1 atom stereocenters. The number of nitrogens with one attached hydrogen (secondary N) is 1. The summed E-state index contributed by atoms with van der Waals surface area (Å²) in [4.78, 5) is 16.3. The highest BCUT2D eigenvalue weighted by Gasteiger charge is 2.28. The van der Waals surface area contributed by atoms with Crippen LogP contribution in [0.15, 0.2) is 18.3 Å². The summed E-state index contributed by atoms with van der Waals surface area (Å²) in [6.45, 7) is 7.75. The summed E-state index contributed by atoms with van der Waals surface area (Å²) in [6, 6.07) is 5.81. The van der Waals surface area contributed by atoms with Gasteiger partial charge in [-0.05, 0) is 89.6 Å². The molecule has 2 heterocycles. The summed E-state index contributed by atoms with van der Waals surface area (Å²) in [5.41, 5.74) is 1.00. The molecule has 1 aromatic heterocycles. The van der Waals surface area contributed by atoms with Gasteiger partial charge in [-0.1, -0.05) is 0 Å². The van der Waals surface area contributed by atoms with Gasteiger partial charge in [0, 0.05) is 6.20 Å². The van der Waals surface area contributed by atoms with Gasteiger partial charge in [0.15, 0.2) is 0 Å². The minimum Gasteiger partial charge on any atom is -0.462 e. The molecule has 1 aliphatic rings. The molecule has 0 aromatic carbocycles. The number of hydrogen-bond donors (Lipinski definition) is 1. The molecule has 0 radical (unpaired) electrons. The van der Waals surface area contributed by atoms with Crippen molar-refractivity contribution in [3.63, 3.8) is 0 Å². The predicted octanol–water partition coefficient (Wildman–Crippen LogP) is 3.23. The Labute approximate surface area is 150 Å². The number of piperidine rings is 1. The largest absolute Gasteiger partial charge is 0.462 e. The van der Waals surface area contributed by atoms with E-state index >= 15 is 0 Å². The Balaban J connectivity index is 1.99. The molecule has 1 aromatic rings. The number of carbonyl (C=O) groups is 1. The lowest BCUT2D eigenvalue weighted by molar-refractivity contribution is -0.159. The average molecular weight is 343 g/mol. The number of carbonyl (C=O) groups excluding carboxylic acids is 1. The molecule has 0 bridgehead atoms. The highest BCUT2D eigenvalue weighted by atomic mass is 16.5. The average Bonchev–Trinajstić information content (AvgIpc) is 2.60. The van der Waals surface area contributed by atoms with Crippen LogP contribution in [-0.2, 0) is 16.0 Å². The van der Waals surface area contributed by atoms with E-state index in [4.69, 9.17) is 10.00 Å². The Kier molecular flexibility index (Phi) is 6.95. The third-order valence-corrected chi connectivity index (χ3v) is 4.63. The van der Waals surface area contributed by atoms with Crippen LogP contribution in [0.1, 0.15) is 57.7 Å². The first-order chi connectivity index (χ1) is 11.9. The second kappa shape index (κ2) is 8.96. The quantitative estimate of drug-likeness (QED) is 0.803. The van der Waals surface area contributed by atoms with Crippen molar-refractivity contribution in [3.8, 4) is 6.07 Å². The second-order valence-corrected chi connectivity index (χ2v) is 7.91. The van der Waals surface area contributed by atoms with Gasteiger partial charge in [0.2, 0.25) is 0 Å². The first-order valence-corrected chi connectivity index (χ1v) is 9.15. The Hall–Kier alpha value is -1.93. The zero-order valence-corrected chi connectivity index (χ0v) is 15.5. The molecule has 1 N–H and O–H groups in total. The summed E-state index contributed by atoms with van der Waals surface area (Å²) >= 11 is 0. The van der Waals surface area contributed by atoms with E-state index in [9.17, 15) is 4.79 Å². The Morgan fingerprint density at radius 1 is 1.44 bits per heavy atom. The molecule has 0 amide bonds. The zero-order valence-electron chi connectivity index (χ0n) is 15.5. The molecule has 5 nitrogen and oxygen atoms in total.